The van der Waals surface area contributed by atoms with Crippen molar-refractivity contribution in [3.8, 4) is 0 Å². The van der Waals surface area contributed by atoms with Crippen LogP contribution in [0.25, 0.3) is 0 Å². The highest BCUT2D eigenvalue weighted by Crippen LogP contribution is 2.26. The molecule has 4 nitrogen and oxygen atoms in total. The minimum Gasteiger partial charge on any atom is -0.353 e. The third-order valence-corrected chi connectivity index (χ3v) is 6.15. The first kappa shape index (κ1) is 18.8. The molecule has 2 heterocycles. The third-order valence-electron chi connectivity index (χ3n) is 6.15. The van der Waals surface area contributed by atoms with E-state index in [0.717, 1.165) is 70.8 Å². The topological polar surface area (TPSA) is 35.6 Å². The second-order valence-electron chi connectivity index (χ2n) is 8.40. The molecule has 0 aromatic heterocycles. The van der Waals surface area contributed by atoms with Gasteiger partial charge >= 0.3 is 0 Å². The number of nitrogens with zero attached hydrogens (tertiary/aromatic N) is 2. The SMILES string of the molecule is O=C(NC1CC1)[C@H]1CCCN(C2CCN(Cc3cc(F)cc(F)c3)CC2)C1. The first-order valence-electron chi connectivity index (χ1n) is 10.3. The van der Waals surface area contributed by atoms with Crippen molar-refractivity contribution in [1.82, 2.24) is 15.1 Å². The van der Waals surface area contributed by atoms with Crippen LogP contribution in [0.5, 0.6) is 0 Å². The molecule has 3 fully saturated rings. The Morgan fingerprint density at radius 3 is 2.37 bits per heavy atom. The van der Waals surface area contributed by atoms with Crippen molar-refractivity contribution in [3.63, 3.8) is 0 Å². The highest BCUT2D eigenvalue weighted by Gasteiger charge is 2.33. The summed E-state index contributed by atoms with van der Waals surface area (Å²) >= 11 is 0. The molecule has 2 saturated heterocycles. The van der Waals surface area contributed by atoms with Gasteiger partial charge in [-0.15, -0.1) is 0 Å². The number of carbonyl (C=O) groups excluding carboxylic acids is 1. The summed E-state index contributed by atoms with van der Waals surface area (Å²) in [5, 5.41) is 3.16. The minimum atomic E-state index is -0.510. The van der Waals surface area contributed by atoms with Gasteiger partial charge in [0.05, 0.1) is 5.92 Å². The lowest BCUT2D eigenvalue weighted by Gasteiger charge is -2.42. The van der Waals surface area contributed by atoms with Gasteiger partial charge in [-0.3, -0.25) is 14.6 Å². The molecule has 148 valence electrons. The number of benzene rings is 1. The third kappa shape index (κ3) is 5.05. The summed E-state index contributed by atoms with van der Waals surface area (Å²) in [5.74, 6) is -0.646. The van der Waals surface area contributed by atoms with E-state index < -0.39 is 11.6 Å². The van der Waals surface area contributed by atoms with Gasteiger partial charge in [-0.2, -0.15) is 0 Å². The van der Waals surface area contributed by atoms with Gasteiger partial charge in [0.1, 0.15) is 11.6 Å². The van der Waals surface area contributed by atoms with E-state index in [0.29, 0.717) is 24.2 Å². The van der Waals surface area contributed by atoms with Crippen LogP contribution in [-0.4, -0.2) is 54.0 Å². The fourth-order valence-corrected chi connectivity index (χ4v) is 4.50. The Morgan fingerprint density at radius 2 is 1.70 bits per heavy atom. The first-order valence-corrected chi connectivity index (χ1v) is 10.3. The summed E-state index contributed by atoms with van der Waals surface area (Å²) in [7, 11) is 0. The molecular weight excluding hydrogens is 348 g/mol. The molecule has 0 spiro atoms. The largest absolute Gasteiger partial charge is 0.353 e. The molecule has 1 N–H and O–H groups in total. The van der Waals surface area contributed by atoms with E-state index in [-0.39, 0.29) is 11.8 Å². The molecule has 2 aliphatic heterocycles. The van der Waals surface area contributed by atoms with Crippen LogP contribution in [0.1, 0.15) is 44.1 Å². The summed E-state index contributed by atoms with van der Waals surface area (Å²) < 4.78 is 26.7. The van der Waals surface area contributed by atoms with Crippen molar-refractivity contribution in [2.24, 2.45) is 5.92 Å². The number of halogens is 2. The van der Waals surface area contributed by atoms with Crippen LogP contribution in [0.2, 0.25) is 0 Å². The monoisotopic (exact) mass is 377 g/mol. The van der Waals surface area contributed by atoms with Crippen LogP contribution in [0, 0.1) is 17.6 Å². The van der Waals surface area contributed by atoms with Gasteiger partial charge < -0.3 is 5.32 Å². The Balaban J connectivity index is 1.26. The second kappa shape index (κ2) is 8.23. The lowest BCUT2D eigenvalue weighted by atomic mass is 9.93. The van der Waals surface area contributed by atoms with E-state index >= 15 is 0 Å². The first-order chi connectivity index (χ1) is 13.1. The lowest BCUT2D eigenvalue weighted by molar-refractivity contribution is -0.127. The summed E-state index contributed by atoms with van der Waals surface area (Å²) in [6.45, 7) is 4.40. The highest BCUT2D eigenvalue weighted by atomic mass is 19.1. The Kier molecular flexibility index (Phi) is 5.74. The molecule has 0 unspecified atom stereocenters. The van der Waals surface area contributed by atoms with E-state index in [1.54, 1.807) is 0 Å². The zero-order chi connectivity index (χ0) is 18.8. The smallest absolute Gasteiger partial charge is 0.224 e. The van der Waals surface area contributed by atoms with Crippen LogP contribution in [0.4, 0.5) is 8.78 Å². The molecule has 1 saturated carbocycles. The molecule has 1 aromatic carbocycles. The molecule has 3 aliphatic rings. The van der Waals surface area contributed by atoms with Crippen LogP contribution in [0.3, 0.4) is 0 Å². The summed E-state index contributed by atoms with van der Waals surface area (Å²) in [4.78, 5) is 17.1. The van der Waals surface area contributed by atoms with Gasteiger partial charge in [0.2, 0.25) is 5.91 Å². The van der Waals surface area contributed by atoms with Gasteiger partial charge in [-0.05, 0) is 75.9 Å². The Labute approximate surface area is 159 Å². The summed E-state index contributed by atoms with van der Waals surface area (Å²) in [6, 6.07) is 4.71. The zero-order valence-electron chi connectivity index (χ0n) is 15.8. The Bertz CT molecular complexity index is 651. The number of amides is 1. The quantitative estimate of drug-likeness (QED) is 0.857. The minimum absolute atomic E-state index is 0.132. The predicted molar refractivity (Wildman–Crippen MR) is 100 cm³/mol. The molecule has 1 aromatic rings. The number of hydrogen-bond acceptors (Lipinski definition) is 3. The molecule has 6 heteroatoms. The number of carbonyl (C=O) groups is 1. The molecule has 27 heavy (non-hydrogen) atoms. The molecule has 0 radical (unpaired) electrons. The van der Waals surface area contributed by atoms with E-state index in [2.05, 4.69) is 15.1 Å². The average Bonchev–Trinajstić information content (AvgIpc) is 3.45. The summed E-state index contributed by atoms with van der Waals surface area (Å²) in [5.41, 5.74) is 0.695. The molecule has 1 aliphatic carbocycles. The maximum absolute atomic E-state index is 13.4. The fraction of sp³-hybridized carbons (Fsp3) is 0.667. The highest BCUT2D eigenvalue weighted by molar-refractivity contribution is 5.79. The van der Waals surface area contributed by atoms with Crippen molar-refractivity contribution in [2.45, 2.75) is 57.2 Å². The number of likely N-dealkylation sites (tertiary alicyclic amines) is 2. The van der Waals surface area contributed by atoms with Crippen molar-refractivity contribution < 1.29 is 13.6 Å². The zero-order valence-corrected chi connectivity index (χ0v) is 15.8. The van der Waals surface area contributed by atoms with E-state index in [1.165, 1.54) is 12.1 Å². The molecule has 4 rings (SSSR count). The standard InChI is InChI=1S/C21H29F2N3O/c22-17-10-15(11-18(23)12-17)13-25-8-5-20(6-9-25)26-7-1-2-16(14-26)21(27)24-19-3-4-19/h10-12,16,19-20H,1-9,13-14H2,(H,24,27)/t16-/m0/s1. The number of piperidine rings is 2. The van der Waals surface area contributed by atoms with E-state index in [1.807, 2.05) is 0 Å². The Morgan fingerprint density at radius 1 is 1.00 bits per heavy atom. The lowest BCUT2D eigenvalue weighted by Crippen LogP contribution is -2.50. The maximum Gasteiger partial charge on any atom is 0.224 e. The predicted octanol–water partition coefficient (Wildman–Crippen LogP) is 2.92. The van der Waals surface area contributed by atoms with Crippen LogP contribution < -0.4 is 5.32 Å². The van der Waals surface area contributed by atoms with Gasteiger partial charge in [0, 0.05) is 31.2 Å². The normalized spacial score (nSPS) is 25.5. The van der Waals surface area contributed by atoms with Crippen molar-refractivity contribution in [1.29, 1.82) is 0 Å². The van der Waals surface area contributed by atoms with Gasteiger partial charge in [-0.1, -0.05) is 0 Å². The van der Waals surface area contributed by atoms with Crippen molar-refractivity contribution >= 4 is 5.91 Å². The van der Waals surface area contributed by atoms with Crippen LogP contribution in [-0.2, 0) is 11.3 Å². The second-order valence-corrected chi connectivity index (χ2v) is 8.40. The van der Waals surface area contributed by atoms with Gasteiger partial charge in [-0.25, -0.2) is 8.78 Å². The summed E-state index contributed by atoms with van der Waals surface area (Å²) in [6.07, 6.45) is 6.46. The van der Waals surface area contributed by atoms with Gasteiger partial charge in [0.15, 0.2) is 0 Å². The van der Waals surface area contributed by atoms with Crippen molar-refractivity contribution in [2.75, 3.05) is 26.2 Å². The van der Waals surface area contributed by atoms with Crippen LogP contribution in [0.15, 0.2) is 18.2 Å². The van der Waals surface area contributed by atoms with E-state index in [9.17, 15) is 13.6 Å². The molecule has 1 atom stereocenters. The number of hydrogen-bond donors (Lipinski definition) is 1. The fourth-order valence-electron chi connectivity index (χ4n) is 4.50. The Hall–Kier alpha value is -1.53. The van der Waals surface area contributed by atoms with Crippen molar-refractivity contribution in [3.05, 3.63) is 35.4 Å². The molecule has 1 amide bonds. The average molecular weight is 377 g/mol. The number of nitrogens with one attached hydrogen (secondary N) is 1. The number of rotatable bonds is 5. The van der Waals surface area contributed by atoms with Gasteiger partial charge in [0.25, 0.3) is 0 Å². The van der Waals surface area contributed by atoms with E-state index in [4.69, 9.17) is 0 Å². The molecule has 0 bridgehead atoms. The van der Waals surface area contributed by atoms with Crippen LogP contribution >= 0.6 is 0 Å². The maximum atomic E-state index is 13.4. The molecular formula is C21H29F2N3O.